The minimum Gasteiger partial charge on any atom is -0.504 e. The molecule has 0 aromatic heterocycles. The third kappa shape index (κ3) is 4.76. The Labute approximate surface area is 120 Å². The summed E-state index contributed by atoms with van der Waals surface area (Å²) >= 11 is 0. The maximum absolute atomic E-state index is 12.0. The molecule has 3 N–H and O–H groups in total. The van der Waals surface area contributed by atoms with Crippen LogP contribution in [0.1, 0.15) is 56.8 Å². The lowest BCUT2D eigenvalue weighted by Crippen LogP contribution is -2.34. The summed E-state index contributed by atoms with van der Waals surface area (Å²) in [4.78, 5) is 12.0. The molecule has 0 saturated carbocycles. The highest BCUT2D eigenvalue weighted by atomic mass is 16.3. The highest BCUT2D eigenvalue weighted by Crippen LogP contribution is 2.28. The van der Waals surface area contributed by atoms with E-state index in [-0.39, 0.29) is 28.4 Å². The van der Waals surface area contributed by atoms with Crippen LogP contribution >= 0.6 is 0 Å². The van der Waals surface area contributed by atoms with Crippen LogP contribution in [0.5, 0.6) is 11.5 Å². The van der Waals surface area contributed by atoms with Gasteiger partial charge in [0.1, 0.15) is 0 Å². The zero-order chi connectivity index (χ0) is 15.2. The van der Waals surface area contributed by atoms with Crippen LogP contribution in [0.3, 0.4) is 0 Å². The normalized spacial score (nSPS) is 11.3. The molecule has 0 unspecified atom stereocenters. The lowest BCUT2D eigenvalue weighted by molar-refractivity contribution is 0.0930. The summed E-state index contributed by atoms with van der Waals surface area (Å²) in [5, 5.41) is 21.9. The molecule has 0 fully saturated rings. The van der Waals surface area contributed by atoms with Crippen LogP contribution in [-0.4, -0.2) is 22.7 Å². The third-order valence-electron chi connectivity index (χ3n) is 3.44. The quantitative estimate of drug-likeness (QED) is 0.529. The number of aromatic hydroxyl groups is 2. The summed E-state index contributed by atoms with van der Waals surface area (Å²) in [7, 11) is 0. The Hall–Kier alpha value is -1.71. The molecule has 0 aliphatic rings. The molecule has 4 nitrogen and oxygen atoms in total. The molecule has 0 atom stereocenters. The van der Waals surface area contributed by atoms with E-state index in [1.165, 1.54) is 31.0 Å². The summed E-state index contributed by atoms with van der Waals surface area (Å²) in [5.41, 5.74) is 0.131. The lowest BCUT2D eigenvalue weighted by atomic mass is 9.87. The molecular formula is C16H25NO3. The van der Waals surface area contributed by atoms with Gasteiger partial charge in [0.15, 0.2) is 11.5 Å². The SMILES string of the molecule is CCCCCC(C)(C)CNC(=O)c1cccc(O)c1O. The maximum atomic E-state index is 12.0. The molecule has 112 valence electrons. The number of para-hydroxylation sites is 1. The van der Waals surface area contributed by atoms with Gasteiger partial charge in [-0.3, -0.25) is 4.79 Å². The second-order valence-corrected chi connectivity index (χ2v) is 5.98. The van der Waals surface area contributed by atoms with Crippen LogP contribution in [-0.2, 0) is 0 Å². The Morgan fingerprint density at radius 2 is 1.95 bits per heavy atom. The average Bonchev–Trinajstić information content (AvgIpc) is 2.39. The molecule has 20 heavy (non-hydrogen) atoms. The Kier molecular flexibility index (Phi) is 5.86. The molecule has 4 heteroatoms. The van der Waals surface area contributed by atoms with E-state index in [9.17, 15) is 15.0 Å². The Morgan fingerprint density at radius 1 is 1.25 bits per heavy atom. The van der Waals surface area contributed by atoms with Crippen molar-refractivity contribution in [2.75, 3.05) is 6.54 Å². The zero-order valence-corrected chi connectivity index (χ0v) is 12.6. The van der Waals surface area contributed by atoms with Crippen molar-refractivity contribution in [2.45, 2.75) is 46.5 Å². The van der Waals surface area contributed by atoms with Gasteiger partial charge in [0.05, 0.1) is 5.56 Å². The summed E-state index contributed by atoms with van der Waals surface area (Å²) in [6, 6.07) is 4.38. The van der Waals surface area contributed by atoms with Crippen molar-refractivity contribution in [2.24, 2.45) is 5.41 Å². The number of phenolic OH excluding ortho intramolecular Hbond substituents is 2. The maximum Gasteiger partial charge on any atom is 0.255 e. The van der Waals surface area contributed by atoms with Crippen LogP contribution < -0.4 is 5.32 Å². The van der Waals surface area contributed by atoms with Crippen molar-refractivity contribution < 1.29 is 15.0 Å². The Balaban J connectivity index is 2.56. The van der Waals surface area contributed by atoms with E-state index in [1.54, 1.807) is 0 Å². The lowest BCUT2D eigenvalue weighted by Gasteiger charge is -2.25. The number of phenols is 2. The molecule has 0 bridgehead atoms. The third-order valence-corrected chi connectivity index (χ3v) is 3.44. The van der Waals surface area contributed by atoms with Gasteiger partial charge in [-0.05, 0) is 24.0 Å². The standard InChI is InChI=1S/C16H25NO3/c1-4-5-6-10-16(2,3)11-17-15(20)12-8-7-9-13(18)14(12)19/h7-9,18-19H,4-6,10-11H2,1-3H3,(H,17,20). The van der Waals surface area contributed by atoms with E-state index in [2.05, 4.69) is 26.1 Å². The van der Waals surface area contributed by atoms with Crippen molar-refractivity contribution in [1.82, 2.24) is 5.32 Å². The van der Waals surface area contributed by atoms with Crippen molar-refractivity contribution in [3.63, 3.8) is 0 Å². The number of carbonyl (C=O) groups is 1. The number of hydrogen-bond donors (Lipinski definition) is 3. The van der Waals surface area contributed by atoms with E-state index in [4.69, 9.17) is 0 Å². The van der Waals surface area contributed by atoms with E-state index >= 15 is 0 Å². The Bertz CT molecular complexity index is 455. The fourth-order valence-electron chi connectivity index (χ4n) is 2.07. The molecule has 0 radical (unpaired) electrons. The molecule has 1 rings (SSSR count). The van der Waals surface area contributed by atoms with E-state index < -0.39 is 0 Å². The van der Waals surface area contributed by atoms with Gasteiger partial charge in [-0.1, -0.05) is 46.1 Å². The van der Waals surface area contributed by atoms with Crippen molar-refractivity contribution in [1.29, 1.82) is 0 Å². The van der Waals surface area contributed by atoms with Crippen molar-refractivity contribution in [3.8, 4) is 11.5 Å². The number of benzene rings is 1. The summed E-state index contributed by atoms with van der Waals surface area (Å²) in [5.74, 6) is -1.00. The van der Waals surface area contributed by atoms with Gasteiger partial charge in [-0.25, -0.2) is 0 Å². The van der Waals surface area contributed by atoms with Crippen molar-refractivity contribution in [3.05, 3.63) is 23.8 Å². The molecule has 1 aromatic rings. The molecule has 0 spiro atoms. The van der Waals surface area contributed by atoms with E-state index in [0.29, 0.717) is 6.54 Å². The highest BCUT2D eigenvalue weighted by Gasteiger charge is 2.20. The first-order chi connectivity index (χ1) is 9.37. The second-order valence-electron chi connectivity index (χ2n) is 5.98. The first kappa shape index (κ1) is 16.3. The predicted octanol–water partition coefficient (Wildman–Crippen LogP) is 3.43. The minimum atomic E-state index is -0.367. The van der Waals surface area contributed by atoms with Gasteiger partial charge in [0.25, 0.3) is 5.91 Å². The molecule has 0 aliphatic carbocycles. The van der Waals surface area contributed by atoms with E-state index in [0.717, 1.165) is 12.8 Å². The van der Waals surface area contributed by atoms with Crippen LogP contribution in [0.4, 0.5) is 0 Å². The molecule has 1 aromatic carbocycles. The van der Waals surface area contributed by atoms with E-state index in [1.807, 2.05) is 0 Å². The highest BCUT2D eigenvalue weighted by molar-refractivity contribution is 5.97. The van der Waals surface area contributed by atoms with Crippen LogP contribution in [0, 0.1) is 5.41 Å². The molecular weight excluding hydrogens is 254 g/mol. The first-order valence-electron chi connectivity index (χ1n) is 7.16. The monoisotopic (exact) mass is 279 g/mol. The first-order valence-corrected chi connectivity index (χ1v) is 7.16. The van der Waals surface area contributed by atoms with Gasteiger partial charge in [-0.15, -0.1) is 0 Å². The average molecular weight is 279 g/mol. The second kappa shape index (κ2) is 7.17. The number of rotatable bonds is 7. The van der Waals surface area contributed by atoms with Gasteiger partial charge in [-0.2, -0.15) is 0 Å². The number of unbranched alkanes of at least 4 members (excludes halogenated alkanes) is 2. The fourth-order valence-corrected chi connectivity index (χ4v) is 2.07. The smallest absolute Gasteiger partial charge is 0.255 e. The summed E-state index contributed by atoms with van der Waals surface area (Å²) in [6.07, 6.45) is 4.58. The minimum absolute atomic E-state index is 0.0251. The summed E-state index contributed by atoms with van der Waals surface area (Å²) in [6.45, 7) is 6.95. The van der Waals surface area contributed by atoms with Gasteiger partial charge < -0.3 is 15.5 Å². The zero-order valence-electron chi connectivity index (χ0n) is 12.6. The van der Waals surface area contributed by atoms with Gasteiger partial charge >= 0.3 is 0 Å². The van der Waals surface area contributed by atoms with Gasteiger partial charge in [0, 0.05) is 6.54 Å². The van der Waals surface area contributed by atoms with Crippen LogP contribution in [0.2, 0.25) is 0 Å². The molecule has 0 saturated heterocycles. The number of hydrogen-bond acceptors (Lipinski definition) is 3. The largest absolute Gasteiger partial charge is 0.504 e. The molecule has 0 heterocycles. The number of carbonyl (C=O) groups excluding carboxylic acids is 1. The summed E-state index contributed by atoms with van der Waals surface area (Å²) < 4.78 is 0. The predicted molar refractivity (Wildman–Crippen MR) is 80.0 cm³/mol. The number of nitrogens with one attached hydrogen (secondary N) is 1. The van der Waals surface area contributed by atoms with Crippen LogP contribution in [0.25, 0.3) is 0 Å². The Morgan fingerprint density at radius 3 is 2.60 bits per heavy atom. The molecule has 0 aliphatic heterocycles. The number of amides is 1. The van der Waals surface area contributed by atoms with Crippen LogP contribution in [0.15, 0.2) is 18.2 Å². The fraction of sp³-hybridized carbons (Fsp3) is 0.562. The molecule has 1 amide bonds. The van der Waals surface area contributed by atoms with Crippen molar-refractivity contribution >= 4 is 5.91 Å². The topological polar surface area (TPSA) is 69.6 Å². The van der Waals surface area contributed by atoms with Gasteiger partial charge in [0.2, 0.25) is 0 Å².